The van der Waals surface area contributed by atoms with Crippen molar-refractivity contribution in [2.45, 2.75) is 20.0 Å². The molecule has 0 heterocycles. The monoisotopic (exact) mass is 475 g/mol. The van der Waals surface area contributed by atoms with Gasteiger partial charge < -0.3 is 24.3 Å². The van der Waals surface area contributed by atoms with Gasteiger partial charge in [-0.1, -0.05) is 42.5 Å². The summed E-state index contributed by atoms with van der Waals surface area (Å²) in [6.45, 7) is 3.84. The Morgan fingerprint density at radius 1 is 0.829 bits per heavy atom. The van der Waals surface area contributed by atoms with Crippen LogP contribution in [0.25, 0.3) is 6.08 Å². The molecule has 1 atom stereocenters. The number of hydrogen-bond donors (Lipinski definition) is 1. The van der Waals surface area contributed by atoms with Crippen LogP contribution >= 0.6 is 0 Å². The number of amides is 1. The third kappa shape index (κ3) is 6.41. The summed E-state index contributed by atoms with van der Waals surface area (Å²) in [7, 11) is 4.56. The van der Waals surface area contributed by atoms with Crippen molar-refractivity contribution >= 4 is 23.6 Å². The number of carbonyl (C=O) groups excluding carboxylic acids is 2. The minimum absolute atomic E-state index is 0.449. The van der Waals surface area contributed by atoms with Crippen molar-refractivity contribution in [3.05, 3.63) is 89.0 Å². The zero-order valence-electron chi connectivity index (χ0n) is 20.5. The molecule has 0 spiro atoms. The van der Waals surface area contributed by atoms with Crippen LogP contribution in [-0.4, -0.2) is 33.2 Å². The molecule has 0 aliphatic carbocycles. The molecule has 7 heteroatoms. The number of hydrogen-bond acceptors (Lipinski definition) is 6. The van der Waals surface area contributed by atoms with Gasteiger partial charge in [0.2, 0.25) is 6.10 Å². The first kappa shape index (κ1) is 25.4. The molecule has 0 saturated heterocycles. The highest BCUT2D eigenvalue weighted by atomic mass is 16.5. The molecule has 35 heavy (non-hydrogen) atoms. The predicted octanol–water partition coefficient (Wildman–Crippen LogP) is 5.27. The minimum atomic E-state index is -1.14. The molecule has 3 aromatic carbocycles. The van der Waals surface area contributed by atoms with E-state index in [0.29, 0.717) is 34.1 Å². The summed E-state index contributed by atoms with van der Waals surface area (Å²) >= 11 is 0. The van der Waals surface area contributed by atoms with Gasteiger partial charge in [-0.05, 0) is 43.2 Å². The van der Waals surface area contributed by atoms with E-state index in [1.54, 1.807) is 36.4 Å². The molecule has 0 saturated carbocycles. The Morgan fingerprint density at radius 2 is 1.49 bits per heavy atom. The number of rotatable bonds is 9. The largest absolute Gasteiger partial charge is 0.496 e. The minimum Gasteiger partial charge on any atom is -0.496 e. The van der Waals surface area contributed by atoms with E-state index in [-0.39, 0.29) is 0 Å². The lowest BCUT2D eigenvalue weighted by molar-refractivity contribution is -0.149. The number of anilines is 1. The van der Waals surface area contributed by atoms with Crippen LogP contribution in [0.1, 0.15) is 28.4 Å². The molecule has 7 nitrogen and oxygen atoms in total. The zero-order chi connectivity index (χ0) is 25.4. The average molecular weight is 476 g/mol. The molecule has 0 aliphatic heterocycles. The highest BCUT2D eigenvalue weighted by molar-refractivity contribution is 5.98. The number of methoxy groups -OCH3 is 3. The third-order valence-corrected chi connectivity index (χ3v) is 5.36. The van der Waals surface area contributed by atoms with E-state index in [9.17, 15) is 9.59 Å². The summed E-state index contributed by atoms with van der Waals surface area (Å²) in [5.41, 5.74) is 3.71. The fourth-order valence-electron chi connectivity index (χ4n) is 3.47. The summed E-state index contributed by atoms with van der Waals surface area (Å²) in [4.78, 5) is 25.9. The molecular formula is C28H29NO6. The number of ether oxygens (including phenoxy) is 4. The van der Waals surface area contributed by atoms with Crippen LogP contribution < -0.4 is 19.5 Å². The number of nitrogens with one attached hydrogen (secondary N) is 1. The maximum Gasteiger partial charge on any atom is 0.331 e. The van der Waals surface area contributed by atoms with Crippen molar-refractivity contribution in [3.63, 3.8) is 0 Å². The zero-order valence-corrected chi connectivity index (χ0v) is 20.5. The van der Waals surface area contributed by atoms with Gasteiger partial charge >= 0.3 is 5.97 Å². The number of carbonyl (C=O) groups is 2. The van der Waals surface area contributed by atoms with Gasteiger partial charge in [0.1, 0.15) is 5.75 Å². The Labute approximate surface area is 205 Å². The molecule has 0 fully saturated rings. The number of esters is 1. The van der Waals surface area contributed by atoms with Crippen molar-refractivity contribution in [2.24, 2.45) is 0 Å². The maximum atomic E-state index is 13.2. The van der Waals surface area contributed by atoms with E-state index >= 15 is 0 Å². The van der Waals surface area contributed by atoms with Gasteiger partial charge in [0.15, 0.2) is 11.5 Å². The molecule has 1 amide bonds. The van der Waals surface area contributed by atoms with Gasteiger partial charge in [-0.25, -0.2) is 4.79 Å². The van der Waals surface area contributed by atoms with Gasteiger partial charge in [0.05, 0.1) is 21.3 Å². The molecule has 182 valence electrons. The highest BCUT2D eigenvalue weighted by Crippen LogP contribution is 2.35. The van der Waals surface area contributed by atoms with E-state index < -0.39 is 18.0 Å². The molecule has 0 radical (unpaired) electrons. The Hall–Kier alpha value is -4.26. The summed E-state index contributed by atoms with van der Waals surface area (Å²) in [5, 5.41) is 2.88. The first-order valence-electron chi connectivity index (χ1n) is 11.0. The number of benzene rings is 3. The SMILES string of the molecule is COc1cc(OC)c(OC)cc1/C=C/C(=O)OC(C(=O)Nc1cc(C)ccc1C)c1ccccc1. The normalized spacial score (nSPS) is 11.6. The Balaban J connectivity index is 1.84. The van der Waals surface area contributed by atoms with Crippen LogP contribution in [0.2, 0.25) is 0 Å². The average Bonchev–Trinajstić information content (AvgIpc) is 2.87. The van der Waals surface area contributed by atoms with Gasteiger partial charge in [-0.2, -0.15) is 0 Å². The molecule has 3 rings (SSSR count). The van der Waals surface area contributed by atoms with Crippen LogP contribution in [0.15, 0.2) is 66.7 Å². The smallest absolute Gasteiger partial charge is 0.331 e. The molecule has 3 aromatic rings. The van der Waals surface area contributed by atoms with Gasteiger partial charge in [-0.3, -0.25) is 4.79 Å². The topological polar surface area (TPSA) is 83.1 Å². The second kappa shape index (κ2) is 11.7. The third-order valence-electron chi connectivity index (χ3n) is 5.36. The van der Waals surface area contributed by atoms with E-state index in [4.69, 9.17) is 18.9 Å². The second-order valence-corrected chi connectivity index (χ2v) is 7.82. The number of aryl methyl sites for hydroxylation is 2. The molecule has 0 bridgehead atoms. The van der Waals surface area contributed by atoms with E-state index in [2.05, 4.69) is 5.32 Å². The van der Waals surface area contributed by atoms with Crippen molar-refractivity contribution in [1.82, 2.24) is 0 Å². The van der Waals surface area contributed by atoms with E-state index in [0.717, 1.165) is 11.1 Å². The fraction of sp³-hybridized carbons (Fsp3) is 0.214. The molecule has 1 N–H and O–H groups in total. The van der Waals surface area contributed by atoms with Crippen molar-refractivity contribution < 1.29 is 28.5 Å². The van der Waals surface area contributed by atoms with Crippen molar-refractivity contribution in [2.75, 3.05) is 26.6 Å². The Kier molecular flexibility index (Phi) is 8.51. The predicted molar refractivity (Wildman–Crippen MR) is 135 cm³/mol. The maximum absolute atomic E-state index is 13.2. The molecular weight excluding hydrogens is 446 g/mol. The van der Waals surface area contributed by atoms with Crippen LogP contribution in [0.5, 0.6) is 17.2 Å². The summed E-state index contributed by atoms with van der Waals surface area (Å²) < 4.78 is 21.6. The standard InChI is InChI=1S/C28H29NO6/c1-18-11-12-19(2)22(15-18)29-28(31)27(20-9-7-6-8-10-20)35-26(30)14-13-21-16-24(33-4)25(34-5)17-23(21)32-3/h6-17,27H,1-5H3,(H,29,31)/b14-13+. The Bertz CT molecular complexity index is 1220. The summed E-state index contributed by atoms with van der Waals surface area (Å²) in [6, 6.07) is 18.0. The lowest BCUT2D eigenvalue weighted by Crippen LogP contribution is -2.25. The first-order chi connectivity index (χ1) is 16.9. The highest BCUT2D eigenvalue weighted by Gasteiger charge is 2.25. The lowest BCUT2D eigenvalue weighted by atomic mass is 10.1. The van der Waals surface area contributed by atoms with E-state index in [1.165, 1.54) is 33.5 Å². The van der Waals surface area contributed by atoms with Crippen LogP contribution in [0.3, 0.4) is 0 Å². The quantitative estimate of drug-likeness (QED) is 0.336. The van der Waals surface area contributed by atoms with Crippen LogP contribution in [0, 0.1) is 13.8 Å². The first-order valence-corrected chi connectivity index (χ1v) is 11.0. The lowest BCUT2D eigenvalue weighted by Gasteiger charge is -2.18. The van der Waals surface area contributed by atoms with Gasteiger partial charge in [-0.15, -0.1) is 0 Å². The van der Waals surface area contributed by atoms with Gasteiger partial charge in [0.25, 0.3) is 5.91 Å². The van der Waals surface area contributed by atoms with Crippen molar-refractivity contribution in [3.8, 4) is 17.2 Å². The van der Waals surface area contributed by atoms with Crippen LogP contribution in [-0.2, 0) is 14.3 Å². The Morgan fingerprint density at radius 3 is 2.14 bits per heavy atom. The molecule has 1 unspecified atom stereocenters. The second-order valence-electron chi connectivity index (χ2n) is 7.82. The molecule has 0 aromatic heterocycles. The van der Waals surface area contributed by atoms with Crippen molar-refractivity contribution in [1.29, 1.82) is 0 Å². The summed E-state index contributed by atoms with van der Waals surface area (Å²) in [6.07, 6.45) is 1.64. The fourth-order valence-corrected chi connectivity index (χ4v) is 3.47. The van der Waals surface area contributed by atoms with E-state index in [1.807, 2.05) is 38.1 Å². The van der Waals surface area contributed by atoms with Crippen LogP contribution in [0.4, 0.5) is 5.69 Å². The molecule has 0 aliphatic rings. The summed E-state index contributed by atoms with van der Waals surface area (Å²) in [5.74, 6) is 0.328. The van der Waals surface area contributed by atoms with Gasteiger partial charge in [0, 0.05) is 29.0 Å².